The van der Waals surface area contributed by atoms with Crippen LogP contribution in [-0.4, -0.2) is 34.6 Å². The quantitative estimate of drug-likeness (QED) is 0.302. The molecule has 1 aliphatic rings. The molecule has 0 atom stereocenters. The van der Waals surface area contributed by atoms with Gasteiger partial charge in [-0.05, 0) is 48.5 Å². The van der Waals surface area contributed by atoms with Crippen molar-refractivity contribution in [2.75, 3.05) is 20.3 Å². The van der Waals surface area contributed by atoms with Gasteiger partial charge in [-0.25, -0.2) is 4.79 Å². The predicted octanol–water partition coefficient (Wildman–Crippen LogP) is 6.04. The van der Waals surface area contributed by atoms with Gasteiger partial charge in [0.15, 0.2) is 8.32 Å². The number of esters is 1. The van der Waals surface area contributed by atoms with E-state index in [1.54, 1.807) is 39.8 Å². The molecule has 1 aromatic rings. The molecule has 0 unspecified atom stereocenters. The van der Waals surface area contributed by atoms with Crippen molar-refractivity contribution in [2.45, 2.75) is 38.9 Å². The fraction of sp³-hybridized carbons (Fsp3) is 0.450. The Bertz CT molecular complexity index is 736. The Morgan fingerprint density at radius 2 is 1.70 bits per heavy atom. The minimum Gasteiger partial charge on any atom is -0.488 e. The van der Waals surface area contributed by atoms with Crippen molar-refractivity contribution < 1.29 is 18.7 Å². The molecule has 0 N–H and O–H groups in total. The van der Waals surface area contributed by atoms with Crippen molar-refractivity contribution in [3.8, 4) is 5.75 Å². The molecule has 27 heavy (non-hydrogen) atoms. The van der Waals surface area contributed by atoms with Crippen LogP contribution in [0.5, 0.6) is 5.75 Å². The Labute approximate surface area is 171 Å². The lowest BCUT2D eigenvalue weighted by atomic mass is 10.2. The first-order valence-electron chi connectivity index (χ1n) is 8.82. The van der Waals surface area contributed by atoms with Gasteiger partial charge >= 0.3 is 5.97 Å². The molecule has 0 spiro atoms. The summed E-state index contributed by atoms with van der Waals surface area (Å²) in [7, 11) is 3.05. The number of ether oxygens (including phenoxy) is 2. The molecule has 1 aliphatic heterocycles. The van der Waals surface area contributed by atoms with Crippen molar-refractivity contribution in [3.05, 3.63) is 51.8 Å². The topological polar surface area (TPSA) is 44.8 Å². The summed E-state index contributed by atoms with van der Waals surface area (Å²) in [6.07, 6.45) is 4.19. The third kappa shape index (κ3) is 6.45. The lowest BCUT2D eigenvalue weighted by Gasteiger charge is -2.36. The molecule has 0 saturated heterocycles. The maximum Gasteiger partial charge on any atom is 0.337 e. The van der Waals surface area contributed by atoms with E-state index in [0.717, 1.165) is 4.91 Å². The van der Waals surface area contributed by atoms with Crippen molar-refractivity contribution in [1.82, 2.24) is 0 Å². The average Bonchev–Trinajstić information content (AvgIpc) is 2.64. The van der Waals surface area contributed by atoms with E-state index in [9.17, 15) is 4.79 Å². The van der Waals surface area contributed by atoms with Crippen LogP contribution in [0.3, 0.4) is 0 Å². The van der Waals surface area contributed by atoms with E-state index in [0.29, 0.717) is 24.5 Å². The van der Waals surface area contributed by atoms with Gasteiger partial charge in [0.05, 0.1) is 19.3 Å². The Hall–Kier alpha value is -1.15. The summed E-state index contributed by atoms with van der Waals surface area (Å²) in [5.41, 5.74) is 0.486. The van der Waals surface area contributed by atoms with Crippen LogP contribution < -0.4 is 4.74 Å². The molecule has 4 nitrogen and oxygen atoms in total. The maximum absolute atomic E-state index is 11.6. The minimum atomic E-state index is -1.73. The molecular formula is C20H28O4S2Si. The third-order valence-corrected chi connectivity index (χ3v) is 11.8. The second kappa shape index (κ2) is 9.36. The highest BCUT2D eigenvalue weighted by Gasteiger charge is 2.37. The van der Waals surface area contributed by atoms with E-state index in [1.165, 1.54) is 12.0 Å². The van der Waals surface area contributed by atoms with E-state index < -0.39 is 8.32 Å². The third-order valence-electron chi connectivity index (χ3n) is 4.73. The molecule has 0 aromatic heterocycles. The van der Waals surface area contributed by atoms with Gasteiger partial charge in [-0.1, -0.05) is 48.4 Å². The van der Waals surface area contributed by atoms with Crippen LogP contribution in [0, 0.1) is 0 Å². The van der Waals surface area contributed by atoms with E-state index in [-0.39, 0.29) is 11.0 Å². The summed E-state index contributed by atoms with van der Waals surface area (Å²) >= 11 is 0. The number of rotatable bonds is 7. The van der Waals surface area contributed by atoms with Crippen molar-refractivity contribution in [3.63, 3.8) is 0 Å². The molecule has 0 aliphatic carbocycles. The molecule has 0 amide bonds. The van der Waals surface area contributed by atoms with Gasteiger partial charge in [-0.3, -0.25) is 0 Å². The maximum atomic E-state index is 11.6. The lowest BCUT2D eigenvalue weighted by Crippen LogP contribution is -2.41. The zero-order valence-electron chi connectivity index (χ0n) is 16.8. The molecule has 7 heteroatoms. The van der Waals surface area contributed by atoms with Crippen LogP contribution in [0.25, 0.3) is 0 Å². The van der Waals surface area contributed by atoms with Crippen LogP contribution in [0.2, 0.25) is 18.1 Å². The highest BCUT2D eigenvalue weighted by Crippen LogP contribution is 2.42. The predicted molar refractivity (Wildman–Crippen MR) is 118 cm³/mol. The van der Waals surface area contributed by atoms with E-state index in [4.69, 9.17) is 13.9 Å². The SMILES string of the molecule is COC(=O)c1cccc(OCC2=CC=C(CO[Si](C)(C)C(C)(C)C)SS2)c1. The van der Waals surface area contributed by atoms with Gasteiger partial charge < -0.3 is 13.9 Å². The first-order valence-corrected chi connectivity index (χ1v) is 13.9. The fourth-order valence-corrected chi connectivity index (χ4v) is 4.94. The summed E-state index contributed by atoms with van der Waals surface area (Å²) in [6.45, 7) is 12.4. The Morgan fingerprint density at radius 3 is 2.26 bits per heavy atom. The summed E-state index contributed by atoms with van der Waals surface area (Å²) in [6, 6.07) is 7.03. The summed E-state index contributed by atoms with van der Waals surface area (Å²) in [5, 5.41) is 0.216. The van der Waals surface area contributed by atoms with E-state index in [2.05, 4.69) is 46.0 Å². The molecule has 2 rings (SSSR count). The van der Waals surface area contributed by atoms with E-state index in [1.807, 2.05) is 6.07 Å². The molecule has 0 saturated carbocycles. The largest absolute Gasteiger partial charge is 0.488 e. The number of carbonyl (C=O) groups is 1. The second-order valence-corrected chi connectivity index (χ2v) is 15.0. The van der Waals surface area contributed by atoms with Crippen molar-refractivity contribution in [1.29, 1.82) is 0 Å². The zero-order valence-corrected chi connectivity index (χ0v) is 19.5. The van der Waals surface area contributed by atoms with Gasteiger partial charge in [0.25, 0.3) is 0 Å². The highest BCUT2D eigenvalue weighted by atomic mass is 33.1. The molecule has 0 fully saturated rings. The lowest BCUT2D eigenvalue weighted by molar-refractivity contribution is 0.0600. The van der Waals surface area contributed by atoms with Crippen LogP contribution >= 0.6 is 21.6 Å². The van der Waals surface area contributed by atoms with E-state index >= 15 is 0 Å². The standard InChI is InChI=1S/C20H28O4S2Si/c1-20(2,3)27(5,6)24-14-18-11-10-17(25-26-18)13-23-16-9-7-8-15(12-16)19(21)22-4/h7-12H,13-14H2,1-6H3. The molecule has 0 radical (unpaired) electrons. The van der Waals surface area contributed by atoms with Crippen LogP contribution in [-0.2, 0) is 9.16 Å². The van der Waals surface area contributed by atoms with Crippen LogP contribution in [0.15, 0.2) is 46.2 Å². The molecule has 148 valence electrons. The summed E-state index contributed by atoms with van der Waals surface area (Å²) in [4.78, 5) is 13.9. The molecule has 1 heterocycles. The highest BCUT2D eigenvalue weighted by molar-refractivity contribution is 8.79. The average molecular weight is 425 g/mol. The fourth-order valence-electron chi connectivity index (χ4n) is 1.95. The Morgan fingerprint density at radius 1 is 1.07 bits per heavy atom. The minimum absolute atomic E-state index is 0.216. The number of methoxy groups -OCH3 is 1. The number of hydrogen-bond acceptors (Lipinski definition) is 6. The van der Waals surface area contributed by atoms with Gasteiger partial charge in [0.2, 0.25) is 0 Å². The number of hydrogen-bond donors (Lipinski definition) is 0. The first-order chi connectivity index (χ1) is 12.6. The van der Waals surface area contributed by atoms with Gasteiger partial charge in [-0.2, -0.15) is 0 Å². The first kappa shape index (κ1) is 22.1. The second-order valence-electron chi connectivity index (χ2n) is 7.79. The smallest absolute Gasteiger partial charge is 0.337 e. The Balaban J connectivity index is 1.89. The zero-order chi connectivity index (χ0) is 20.1. The molecular weight excluding hydrogens is 396 g/mol. The van der Waals surface area contributed by atoms with Crippen molar-refractivity contribution >= 4 is 35.9 Å². The molecule has 0 bridgehead atoms. The van der Waals surface area contributed by atoms with Gasteiger partial charge in [0, 0.05) is 9.81 Å². The van der Waals surface area contributed by atoms with Crippen molar-refractivity contribution in [2.24, 2.45) is 0 Å². The monoisotopic (exact) mass is 424 g/mol. The number of carbonyl (C=O) groups excluding carboxylic acids is 1. The summed E-state index contributed by atoms with van der Waals surface area (Å²) in [5.74, 6) is 0.289. The molecule has 1 aromatic carbocycles. The number of allylic oxidation sites excluding steroid dienone is 2. The van der Waals surface area contributed by atoms with Crippen LogP contribution in [0.4, 0.5) is 0 Å². The van der Waals surface area contributed by atoms with Gasteiger partial charge in [-0.15, -0.1) is 0 Å². The summed E-state index contributed by atoms with van der Waals surface area (Å²) < 4.78 is 16.8. The number of benzene rings is 1. The van der Waals surface area contributed by atoms with Gasteiger partial charge in [0.1, 0.15) is 12.4 Å². The van der Waals surface area contributed by atoms with Crippen LogP contribution in [0.1, 0.15) is 31.1 Å². The normalized spacial score (nSPS) is 15.0. The Kier molecular flexibility index (Phi) is 7.68.